The fourth-order valence-corrected chi connectivity index (χ4v) is 2.85. The number of carbonyl (C=O) groups is 1. The summed E-state index contributed by atoms with van der Waals surface area (Å²) in [4.78, 5) is 13.7. The van der Waals surface area contributed by atoms with Crippen LogP contribution in [0.3, 0.4) is 0 Å². The van der Waals surface area contributed by atoms with Crippen molar-refractivity contribution in [2.45, 2.75) is 13.8 Å². The number of benzene rings is 2. The largest absolute Gasteiger partial charge is 0.493 e. The number of carbonyl (C=O) groups excluding carboxylic acids is 1. The van der Waals surface area contributed by atoms with Crippen molar-refractivity contribution in [1.29, 1.82) is 0 Å². The highest BCUT2D eigenvalue weighted by Crippen LogP contribution is 2.40. The maximum Gasteiger partial charge on any atom is 0.224 e. The number of hydrogen-bond donors (Lipinski definition) is 0. The SMILES string of the molecule is CCO/C(=C1/CN(C(C)=O)c2ccccc21)c1ccccc1. The lowest BCUT2D eigenvalue weighted by Gasteiger charge is -2.15. The van der Waals surface area contributed by atoms with Gasteiger partial charge >= 0.3 is 0 Å². The average Bonchev–Trinajstić information content (AvgIpc) is 2.93. The van der Waals surface area contributed by atoms with Crippen LogP contribution in [0.1, 0.15) is 25.0 Å². The van der Waals surface area contributed by atoms with Crippen LogP contribution >= 0.6 is 0 Å². The van der Waals surface area contributed by atoms with E-state index in [0.29, 0.717) is 13.2 Å². The van der Waals surface area contributed by atoms with Gasteiger partial charge in [0.25, 0.3) is 0 Å². The van der Waals surface area contributed by atoms with Gasteiger partial charge in [0, 0.05) is 23.6 Å². The van der Waals surface area contributed by atoms with Gasteiger partial charge in [0.05, 0.1) is 18.8 Å². The molecule has 0 bridgehead atoms. The van der Waals surface area contributed by atoms with E-state index in [-0.39, 0.29) is 5.91 Å². The Hall–Kier alpha value is -2.55. The summed E-state index contributed by atoms with van der Waals surface area (Å²) in [6, 6.07) is 18.1. The Balaban J connectivity index is 2.18. The minimum absolute atomic E-state index is 0.0476. The highest BCUT2D eigenvalue weighted by molar-refractivity contribution is 6.06. The van der Waals surface area contributed by atoms with Gasteiger partial charge < -0.3 is 9.64 Å². The average molecular weight is 293 g/mol. The topological polar surface area (TPSA) is 29.5 Å². The molecule has 2 aromatic carbocycles. The molecular formula is C19H19NO2. The normalized spacial score (nSPS) is 15.5. The zero-order valence-electron chi connectivity index (χ0n) is 12.9. The molecule has 0 spiro atoms. The maximum absolute atomic E-state index is 11.9. The predicted octanol–water partition coefficient (Wildman–Crippen LogP) is 3.96. The van der Waals surface area contributed by atoms with E-state index in [1.807, 2.05) is 55.5 Å². The number of hydrogen-bond acceptors (Lipinski definition) is 2. The Kier molecular flexibility index (Phi) is 3.96. The van der Waals surface area contributed by atoms with Crippen molar-refractivity contribution in [3.8, 4) is 0 Å². The second-order valence-corrected chi connectivity index (χ2v) is 5.23. The monoisotopic (exact) mass is 293 g/mol. The van der Waals surface area contributed by atoms with Gasteiger partial charge in [-0.05, 0) is 13.0 Å². The Labute approximate surface area is 130 Å². The van der Waals surface area contributed by atoms with Gasteiger partial charge in [-0.25, -0.2) is 0 Å². The highest BCUT2D eigenvalue weighted by Gasteiger charge is 2.29. The number of fused-ring (bicyclic) bond motifs is 1. The van der Waals surface area contributed by atoms with E-state index in [1.165, 1.54) is 0 Å². The van der Waals surface area contributed by atoms with Crippen LogP contribution in [-0.2, 0) is 9.53 Å². The maximum atomic E-state index is 11.9. The third-order valence-corrected chi connectivity index (χ3v) is 3.82. The summed E-state index contributed by atoms with van der Waals surface area (Å²) in [5.41, 5.74) is 4.14. The molecule has 0 aromatic heterocycles. The van der Waals surface area contributed by atoms with Crippen LogP contribution in [-0.4, -0.2) is 19.1 Å². The molecule has 0 N–H and O–H groups in total. The quantitative estimate of drug-likeness (QED) is 0.802. The molecule has 0 saturated carbocycles. The molecule has 112 valence electrons. The minimum Gasteiger partial charge on any atom is -0.493 e. The smallest absolute Gasteiger partial charge is 0.224 e. The van der Waals surface area contributed by atoms with Gasteiger partial charge in [0.2, 0.25) is 5.91 Å². The molecule has 1 aliphatic heterocycles. The molecule has 0 atom stereocenters. The first-order chi connectivity index (χ1) is 10.7. The van der Waals surface area contributed by atoms with Crippen molar-refractivity contribution < 1.29 is 9.53 Å². The van der Waals surface area contributed by atoms with Crippen molar-refractivity contribution in [2.24, 2.45) is 0 Å². The molecule has 22 heavy (non-hydrogen) atoms. The molecule has 0 fully saturated rings. The Morgan fingerprint density at radius 2 is 1.77 bits per heavy atom. The second kappa shape index (κ2) is 6.06. The minimum atomic E-state index is 0.0476. The van der Waals surface area contributed by atoms with Gasteiger partial charge in [-0.3, -0.25) is 4.79 Å². The number of nitrogens with zero attached hydrogens (tertiary/aromatic N) is 1. The van der Waals surface area contributed by atoms with Gasteiger partial charge in [0.1, 0.15) is 5.76 Å². The molecular weight excluding hydrogens is 274 g/mol. The van der Waals surface area contributed by atoms with Crippen LogP contribution < -0.4 is 4.90 Å². The van der Waals surface area contributed by atoms with Crippen LogP contribution in [0.5, 0.6) is 0 Å². The molecule has 1 amide bonds. The molecule has 0 saturated heterocycles. The summed E-state index contributed by atoms with van der Waals surface area (Å²) in [5, 5.41) is 0. The highest BCUT2D eigenvalue weighted by atomic mass is 16.5. The molecule has 1 heterocycles. The number of rotatable bonds is 3. The molecule has 2 aromatic rings. The van der Waals surface area contributed by atoms with E-state index in [0.717, 1.165) is 28.1 Å². The molecule has 0 unspecified atom stereocenters. The van der Waals surface area contributed by atoms with Crippen LogP contribution in [0.4, 0.5) is 5.69 Å². The summed E-state index contributed by atoms with van der Waals surface area (Å²) in [6.45, 7) is 4.73. The van der Waals surface area contributed by atoms with E-state index >= 15 is 0 Å². The summed E-state index contributed by atoms with van der Waals surface area (Å²) in [5.74, 6) is 0.908. The van der Waals surface area contributed by atoms with Crippen LogP contribution in [0.2, 0.25) is 0 Å². The van der Waals surface area contributed by atoms with Crippen molar-refractivity contribution in [3.05, 3.63) is 65.7 Å². The summed E-state index contributed by atoms with van der Waals surface area (Å²) in [6.07, 6.45) is 0. The van der Waals surface area contributed by atoms with Gasteiger partial charge in [-0.1, -0.05) is 48.5 Å². The van der Waals surface area contributed by atoms with E-state index in [2.05, 4.69) is 6.07 Å². The first kappa shape index (κ1) is 14.4. The second-order valence-electron chi connectivity index (χ2n) is 5.23. The van der Waals surface area contributed by atoms with Crippen molar-refractivity contribution in [2.75, 3.05) is 18.1 Å². The lowest BCUT2D eigenvalue weighted by molar-refractivity contribution is -0.116. The zero-order chi connectivity index (χ0) is 15.5. The van der Waals surface area contributed by atoms with Gasteiger partial charge in [-0.2, -0.15) is 0 Å². The van der Waals surface area contributed by atoms with Crippen LogP contribution in [0.25, 0.3) is 11.3 Å². The number of para-hydroxylation sites is 1. The van der Waals surface area contributed by atoms with Crippen molar-refractivity contribution >= 4 is 22.9 Å². The van der Waals surface area contributed by atoms with Crippen LogP contribution in [0.15, 0.2) is 54.6 Å². The fourth-order valence-electron chi connectivity index (χ4n) is 2.85. The van der Waals surface area contributed by atoms with Gasteiger partial charge in [-0.15, -0.1) is 0 Å². The van der Waals surface area contributed by atoms with E-state index in [9.17, 15) is 4.79 Å². The lowest BCUT2D eigenvalue weighted by Crippen LogP contribution is -2.25. The number of anilines is 1. The molecule has 3 rings (SSSR count). The predicted molar refractivity (Wildman–Crippen MR) is 89.4 cm³/mol. The summed E-state index contributed by atoms with van der Waals surface area (Å²) < 4.78 is 5.94. The Morgan fingerprint density at radius 3 is 2.45 bits per heavy atom. The number of ether oxygens (including phenoxy) is 1. The molecule has 1 aliphatic rings. The van der Waals surface area contributed by atoms with Crippen LogP contribution in [0, 0.1) is 0 Å². The fraction of sp³-hybridized carbons (Fsp3) is 0.211. The molecule has 3 heteroatoms. The lowest BCUT2D eigenvalue weighted by atomic mass is 10.0. The standard InChI is InChI=1S/C19H19NO2/c1-3-22-19(15-9-5-4-6-10-15)17-13-20(14(2)21)18-12-8-7-11-16(17)18/h4-12H,3,13H2,1-2H3/b19-17-. The third kappa shape index (κ3) is 2.50. The van der Waals surface area contributed by atoms with Crippen molar-refractivity contribution in [3.63, 3.8) is 0 Å². The number of amides is 1. The van der Waals surface area contributed by atoms with E-state index in [1.54, 1.807) is 11.8 Å². The zero-order valence-corrected chi connectivity index (χ0v) is 12.9. The third-order valence-electron chi connectivity index (χ3n) is 3.82. The van der Waals surface area contributed by atoms with E-state index < -0.39 is 0 Å². The molecule has 0 radical (unpaired) electrons. The summed E-state index contributed by atoms with van der Waals surface area (Å²) >= 11 is 0. The first-order valence-electron chi connectivity index (χ1n) is 7.51. The van der Waals surface area contributed by atoms with E-state index in [4.69, 9.17) is 4.74 Å². The summed E-state index contributed by atoms with van der Waals surface area (Å²) in [7, 11) is 0. The van der Waals surface area contributed by atoms with Crippen molar-refractivity contribution in [1.82, 2.24) is 0 Å². The Bertz CT molecular complexity index is 719. The molecule has 0 aliphatic carbocycles. The molecule has 3 nitrogen and oxygen atoms in total. The van der Waals surface area contributed by atoms with Gasteiger partial charge in [0.15, 0.2) is 0 Å². The first-order valence-corrected chi connectivity index (χ1v) is 7.51. The Morgan fingerprint density at radius 1 is 1.09 bits per heavy atom.